The molecule has 0 spiro atoms. The first kappa shape index (κ1) is 25.2. The molecule has 0 radical (unpaired) electrons. The van der Waals surface area contributed by atoms with Crippen molar-refractivity contribution in [2.45, 2.75) is 56.8 Å². The molecule has 6 nitrogen and oxygen atoms in total. The van der Waals surface area contributed by atoms with Gasteiger partial charge in [-0.15, -0.1) is 0 Å². The van der Waals surface area contributed by atoms with Crippen LogP contribution in [0.15, 0.2) is 124 Å². The summed E-state index contributed by atoms with van der Waals surface area (Å²) >= 11 is 0. The van der Waals surface area contributed by atoms with Crippen LogP contribution in [0.25, 0.3) is 0 Å². The molecular formula is C32H32FN3O3. The molecule has 6 aliphatic rings. The maximum Gasteiger partial charge on any atom is 0.257 e. The van der Waals surface area contributed by atoms with Crippen LogP contribution in [0.2, 0.25) is 0 Å². The average molecular weight is 526 g/mol. The highest BCUT2D eigenvalue weighted by Crippen LogP contribution is 2.35. The molecule has 0 saturated heterocycles. The highest BCUT2D eigenvalue weighted by molar-refractivity contribution is 5.99. The van der Waals surface area contributed by atoms with Gasteiger partial charge < -0.3 is 19.7 Å². The maximum atomic E-state index is 13.4. The Kier molecular flexibility index (Phi) is 7.05. The van der Waals surface area contributed by atoms with Gasteiger partial charge in [-0.2, -0.15) is 0 Å². The van der Waals surface area contributed by atoms with Gasteiger partial charge in [-0.3, -0.25) is 9.79 Å². The normalized spacial score (nSPS) is 27.7. The number of dihydropyridines is 1. The molecular weight excluding hydrogens is 493 g/mol. The molecule has 0 aromatic rings. The largest absolute Gasteiger partial charge is 0.486 e. The zero-order chi connectivity index (χ0) is 26.8. The monoisotopic (exact) mass is 525 g/mol. The van der Waals surface area contributed by atoms with Crippen LogP contribution in [0.5, 0.6) is 0 Å². The molecule has 1 N–H and O–H groups in total. The topological polar surface area (TPSA) is 63.2 Å². The summed E-state index contributed by atoms with van der Waals surface area (Å²) in [6.07, 6.45) is 27.0. The quantitative estimate of drug-likeness (QED) is 0.469. The number of carbonyl (C=O) groups excluding carboxylic acids is 1. The number of nitrogens with one attached hydrogen (secondary N) is 1. The van der Waals surface area contributed by atoms with Crippen LogP contribution in [-0.2, 0) is 14.3 Å². The van der Waals surface area contributed by atoms with Crippen molar-refractivity contribution >= 4 is 12.1 Å². The van der Waals surface area contributed by atoms with Gasteiger partial charge in [-0.25, -0.2) is 4.39 Å². The summed E-state index contributed by atoms with van der Waals surface area (Å²) in [5.74, 6) is 1.34. The Balaban J connectivity index is 1.03. The molecule has 0 aromatic heterocycles. The summed E-state index contributed by atoms with van der Waals surface area (Å²) in [5.41, 5.74) is 4.10. The van der Waals surface area contributed by atoms with E-state index in [-0.39, 0.29) is 30.0 Å². The molecule has 3 aliphatic carbocycles. The third-order valence-corrected chi connectivity index (χ3v) is 7.61. The first-order valence-electron chi connectivity index (χ1n) is 13.6. The van der Waals surface area contributed by atoms with Crippen LogP contribution in [0.1, 0.15) is 38.5 Å². The minimum absolute atomic E-state index is 0.0828. The Labute approximate surface area is 228 Å². The Morgan fingerprint density at radius 2 is 2.08 bits per heavy atom. The Hall–Kier alpha value is -4.13. The van der Waals surface area contributed by atoms with E-state index < -0.39 is 0 Å². The molecule has 1 amide bonds. The second-order valence-electron chi connectivity index (χ2n) is 10.2. The molecule has 0 bridgehead atoms. The van der Waals surface area contributed by atoms with Gasteiger partial charge in [0.2, 0.25) is 0 Å². The van der Waals surface area contributed by atoms with Gasteiger partial charge in [0.15, 0.2) is 6.10 Å². The van der Waals surface area contributed by atoms with Gasteiger partial charge in [-0.05, 0) is 67.7 Å². The molecule has 0 fully saturated rings. The van der Waals surface area contributed by atoms with Gasteiger partial charge in [-0.1, -0.05) is 37.0 Å². The first-order valence-corrected chi connectivity index (χ1v) is 13.6. The first-order chi connectivity index (χ1) is 19.0. The summed E-state index contributed by atoms with van der Waals surface area (Å²) in [4.78, 5) is 19.7. The number of fused-ring (bicyclic) bond motifs is 1. The van der Waals surface area contributed by atoms with E-state index in [1.807, 2.05) is 35.3 Å². The van der Waals surface area contributed by atoms with E-state index in [2.05, 4.69) is 41.2 Å². The Bertz CT molecular complexity index is 1380. The van der Waals surface area contributed by atoms with Crippen molar-refractivity contribution in [2.24, 2.45) is 4.99 Å². The van der Waals surface area contributed by atoms with Crippen molar-refractivity contribution in [2.75, 3.05) is 6.54 Å². The lowest BCUT2D eigenvalue weighted by Gasteiger charge is -2.34. The van der Waals surface area contributed by atoms with Crippen LogP contribution in [0.4, 0.5) is 4.39 Å². The van der Waals surface area contributed by atoms with Gasteiger partial charge in [0.25, 0.3) is 5.91 Å². The SMILES string of the molecule is C=C1C(C(=O)NC2=CCC(OC3=CC=NC4C=C(C5=CC=CCC5)OC34)C=C2)=CCCN1C1=CC=C(F)CC1. The highest BCUT2D eigenvalue weighted by atomic mass is 19.1. The number of hydrogen-bond donors (Lipinski definition) is 1. The number of carbonyl (C=O) groups is 1. The van der Waals surface area contributed by atoms with Gasteiger partial charge in [0.1, 0.15) is 29.5 Å². The van der Waals surface area contributed by atoms with Gasteiger partial charge in [0.05, 0.1) is 5.57 Å². The summed E-state index contributed by atoms with van der Waals surface area (Å²) in [7, 11) is 0. The fourth-order valence-corrected chi connectivity index (χ4v) is 5.50. The lowest BCUT2D eigenvalue weighted by molar-refractivity contribution is -0.116. The van der Waals surface area contributed by atoms with Gasteiger partial charge in [0, 0.05) is 42.7 Å². The smallest absolute Gasteiger partial charge is 0.257 e. The molecule has 0 aromatic carbocycles. The van der Waals surface area contributed by atoms with Crippen LogP contribution >= 0.6 is 0 Å². The zero-order valence-corrected chi connectivity index (χ0v) is 21.8. The minimum Gasteiger partial charge on any atom is -0.486 e. The summed E-state index contributed by atoms with van der Waals surface area (Å²) in [5, 5.41) is 3.00. The molecule has 200 valence electrons. The maximum absolute atomic E-state index is 13.4. The molecule has 3 aliphatic heterocycles. The van der Waals surface area contributed by atoms with Crippen molar-refractivity contribution in [3.63, 3.8) is 0 Å². The fraction of sp³-hybridized carbons (Fsp3) is 0.312. The van der Waals surface area contributed by atoms with Crippen molar-refractivity contribution < 1.29 is 18.7 Å². The van der Waals surface area contributed by atoms with Crippen LogP contribution in [0, 0.1) is 0 Å². The third kappa shape index (κ3) is 5.39. The molecule has 7 heteroatoms. The van der Waals surface area contributed by atoms with Gasteiger partial charge >= 0.3 is 0 Å². The zero-order valence-electron chi connectivity index (χ0n) is 21.8. The number of hydrogen-bond acceptors (Lipinski definition) is 5. The lowest BCUT2D eigenvalue weighted by atomic mass is 10.0. The van der Waals surface area contributed by atoms with E-state index in [1.54, 1.807) is 12.3 Å². The predicted molar refractivity (Wildman–Crippen MR) is 150 cm³/mol. The number of rotatable bonds is 6. The van der Waals surface area contributed by atoms with Crippen molar-refractivity contribution in [1.82, 2.24) is 10.2 Å². The summed E-state index contributed by atoms with van der Waals surface area (Å²) < 4.78 is 26.0. The van der Waals surface area contributed by atoms with Crippen molar-refractivity contribution in [3.05, 3.63) is 119 Å². The van der Waals surface area contributed by atoms with Crippen molar-refractivity contribution in [1.29, 1.82) is 0 Å². The van der Waals surface area contributed by atoms with E-state index in [1.165, 1.54) is 11.6 Å². The average Bonchev–Trinajstić information content (AvgIpc) is 3.41. The summed E-state index contributed by atoms with van der Waals surface area (Å²) in [6, 6.07) is -0.0828. The Morgan fingerprint density at radius 1 is 1.15 bits per heavy atom. The second kappa shape index (κ2) is 10.9. The molecule has 0 saturated carbocycles. The third-order valence-electron chi connectivity index (χ3n) is 7.61. The number of ether oxygens (including phenoxy) is 2. The second-order valence-corrected chi connectivity index (χ2v) is 10.2. The standard InChI is InChI=1S/C32H32FN3O3/c1-21-27(8-5-19-36(21)25-13-9-23(33)10-14-25)32(37)35-24-11-15-26(16-12-24)38-29-17-18-34-28-20-30(39-31(28)29)22-6-3-2-4-7-22/h2-3,6,8-9,11-13,15,17-18,20,26,28,31H,1,4-5,7,10,14,16,19H2,(H,35,37). The number of halogens is 1. The number of amides is 1. The molecule has 3 unspecified atom stereocenters. The minimum atomic E-state index is -0.256. The lowest BCUT2D eigenvalue weighted by Crippen LogP contribution is -2.34. The number of aliphatic imine (C=N–C) groups is 1. The van der Waals surface area contributed by atoms with E-state index in [0.717, 1.165) is 48.7 Å². The number of allylic oxidation sites excluding steroid dienone is 10. The van der Waals surface area contributed by atoms with Crippen LogP contribution in [0.3, 0.4) is 0 Å². The molecule has 3 heterocycles. The highest BCUT2D eigenvalue weighted by Gasteiger charge is 2.36. The van der Waals surface area contributed by atoms with E-state index in [9.17, 15) is 9.18 Å². The van der Waals surface area contributed by atoms with Crippen LogP contribution in [-0.4, -0.2) is 41.8 Å². The van der Waals surface area contributed by atoms with Crippen LogP contribution < -0.4 is 5.32 Å². The number of nitrogens with zero attached hydrogens (tertiary/aromatic N) is 2. The molecule has 3 atom stereocenters. The summed E-state index contributed by atoms with van der Waals surface area (Å²) in [6.45, 7) is 4.90. The van der Waals surface area contributed by atoms with E-state index in [4.69, 9.17) is 9.47 Å². The van der Waals surface area contributed by atoms with E-state index >= 15 is 0 Å². The van der Waals surface area contributed by atoms with E-state index in [0.29, 0.717) is 30.5 Å². The molecule has 39 heavy (non-hydrogen) atoms. The van der Waals surface area contributed by atoms with Crippen molar-refractivity contribution in [3.8, 4) is 0 Å². The Morgan fingerprint density at radius 3 is 2.85 bits per heavy atom. The fourth-order valence-electron chi connectivity index (χ4n) is 5.50. The predicted octanol–water partition coefficient (Wildman–Crippen LogP) is 5.90. The molecule has 6 rings (SSSR count).